The molecule has 2 fully saturated rings. The molecule has 0 amide bonds. The Morgan fingerprint density at radius 2 is 1.87 bits per heavy atom. The van der Waals surface area contributed by atoms with Crippen LogP contribution in [-0.4, -0.2) is 29.6 Å². The Hall–Kier alpha value is -1.39. The summed E-state index contributed by atoms with van der Waals surface area (Å²) < 4.78 is 12.2. The van der Waals surface area contributed by atoms with Crippen LogP contribution in [-0.2, 0) is 20.7 Å². The number of aryl methyl sites for hydroxylation is 2. The molecule has 0 radical (unpaired) electrons. The Labute approximate surface area is 138 Å². The van der Waals surface area contributed by atoms with Crippen LogP contribution in [0.1, 0.15) is 57.4 Å². The molecular weight excluding hydrogens is 290 g/mol. The van der Waals surface area contributed by atoms with Crippen molar-refractivity contribution in [2.24, 2.45) is 0 Å². The Bertz CT molecular complexity index is 652. The van der Waals surface area contributed by atoms with Crippen molar-refractivity contribution < 1.29 is 14.3 Å². The van der Waals surface area contributed by atoms with E-state index in [-0.39, 0.29) is 11.9 Å². The third kappa shape index (κ3) is 2.08. The van der Waals surface area contributed by atoms with E-state index in [4.69, 9.17) is 9.47 Å². The number of rotatable bonds is 3. The summed E-state index contributed by atoms with van der Waals surface area (Å²) in [6.45, 7) is 11.8. The van der Waals surface area contributed by atoms with Crippen molar-refractivity contribution in [3.63, 3.8) is 0 Å². The molecule has 0 aromatic heterocycles. The summed E-state index contributed by atoms with van der Waals surface area (Å²) >= 11 is 0. The van der Waals surface area contributed by atoms with Crippen molar-refractivity contribution >= 4 is 11.5 Å². The van der Waals surface area contributed by atoms with E-state index in [1.807, 2.05) is 34.7 Å². The van der Waals surface area contributed by atoms with Crippen LogP contribution in [0.25, 0.3) is 0 Å². The molecule has 4 nitrogen and oxygen atoms in total. The second-order valence-corrected chi connectivity index (χ2v) is 7.67. The van der Waals surface area contributed by atoms with Gasteiger partial charge in [0.15, 0.2) is 5.60 Å². The van der Waals surface area contributed by atoms with Crippen LogP contribution < -0.4 is 5.32 Å². The minimum atomic E-state index is -0.874. The smallest absolute Gasteiger partial charge is 0.201 e. The van der Waals surface area contributed by atoms with Crippen LogP contribution in [0.5, 0.6) is 0 Å². The van der Waals surface area contributed by atoms with E-state index in [0.717, 1.165) is 17.7 Å². The van der Waals surface area contributed by atoms with Crippen LogP contribution in [0.4, 0.5) is 5.69 Å². The SMILES string of the molecule is CCc1cc(C)cc(NC)c1C1OC12C(=O)C(C)(C)OC2(C)C. The predicted octanol–water partition coefficient (Wildman–Crippen LogP) is 3.57. The Morgan fingerprint density at radius 3 is 2.35 bits per heavy atom. The van der Waals surface area contributed by atoms with Gasteiger partial charge in [0, 0.05) is 18.3 Å². The van der Waals surface area contributed by atoms with Gasteiger partial charge < -0.3 is 14.8 Å². The van der Waals surface area contributed by atoms with Gasteiger partial charge in [0.1, 0.15) is 17.3 Å². The molecule has 2 unspecified atom stereocenters. The Kier molecular flexibility index (Phi) is 3.44. The fourth-order valence-corrected chi connectivity index (χ4v) is 4.21. The lowest BCUT2D eigenvalue weighted by Crippen LogP contribution is -2.41. The summed E-state index contributed by atoms with van der Waals surface area (Å²) in [5.41, 5.74) is 2.25. The Morgan fingerprint density at radius 1 is 1.22 bits per heavy atom. The van der Waals surface area contributed by atoms with Crippen molar-refractivity contribution in [2.45, 2.75) is 70.9 Å². The molecule has 2 saturated heterocycles. The van der Waals surface area contributed by atoms with E-state index in [0.29, 0.717) is 0 Å². The van der Waals surface area contributed by atoms with Gasteiger partial charge in [-0.1, -0.05) is 13.0 Å². The first-order valence-corrected chi connectivity index (χ1v) is 8.34. The first-order chi connectivity index (χ1) is 10.6. The standard InChI is InChI=1S/C19H27NO3/c1-8-12-9-11(2)10-13(20-7)14(12)15-19(22-15)16(21)17(3,4)23-18(19,5)6/h9-10,15,20H,8H2,1-7H3. The lowest BCUT2D eigenvalue weighted by atomic mass is 9.79. The second kappa shape index (κ2) is 4.81. The minimum Gasteiger partial charge on any atom is -0.388 e. The molecule has 0 saturated carbocycles. The van der Waals surface area contributed by atoms with Crippen LogP contribution in [0.3, 0.4) is 0 Å². The van der Waals surface area contributed by atoms with Crippen molar-refractivity contribution in [3.05, 3.63) is 28.8 Å². The average Bonchev–Trinajstić information content (AvgIpc) is 3.18. The molecule has 2 aliphatic heterocycles. The number of anilines is 1. The molecule has 126 valence electrons. The number of carbonyl (C=O) groups is 1. The molecule has 4 heteroatoms. The number of hydrogen-bond donors (Lipinski definition) is 1. The largest absolute Gasteiger partial charge is 0.388 e. The topological polar surface area (TPSA) is 50.9 Å². The van der Waals surface area contributed by atoms with Gasteiger partial charge in [0.25, 0.3) is 0 Å². The summed E-state index contributed by atoms with van der Waals surface area (Å²) in [4.78, 5) is 13.0. The molecule has 2 atom stereocenters. The summed E-state index contributed by atoms with van der Waals surface area (Å²) in [6.07, 6.45) is 0.658. The highest BCUT2D eigenvalue weighted by Crippen LogP contribution is 2.64. The van der Waals surface area contributed by atoms with Gasteiger partial charge >= 0.3 is 0 Å². The van der Waals surface area contributed by atoms with Gasteiger partial charge in [-0.2, -0.15) is 0 Å². The summed E-state index contributed by atoms with van der Waals surface area (Å²) in [5.74, 6) is 0.0460. The van der Waals surface area contributed by atoms with Gasteiger partial charge in [0.05, 0.1) is 0 Å². The zero-order valence-electron chi connectivity index (χ0n) is 15.2. The lowest BCUT2D eigenvalue weighted by molar-refractivity contribution is -0.132. The third-order valence-electron chi connectivity index (χ3n) is 5.23. The molecule has 3 rings (SSSR count). The van der Waals surface area contributed by atoms with Gasteiger partial charge in [-0.05, 0) is 58.2 Å². The maximum atomic E-state index is 13.0. The summed E-state index contributed by atoms with van der Waals surface area (Å²) in [6, 6.07) is 4.30. The fourth-order valence-electron chi connectivity index (χ4n) is 4.21. The van der Waals surface area contributed by atoms with Crippen molar-refractivity contribution in [1.29, 1.82) is 0 Å². The summed E-state index contributed by atoms with van der Waals surface area (Å²) in [5, 5.41) is 3.27. The number of nitrogens with one attached hydrogen (secondary N) is 1. The zero-order valence-corrected chi connectivity index (χ0v) is 15.2. The molecule has 0 aliphatic carbocycles. The van der Waals surface area contributed by atoms with E-state index in [1.165, 1.54) is 11.1 Å². The van der Waals surface area contributed by atoms with Gasteiger partial charge in [-0.3, -0.25) is 4.79 Å². The lowest BCUT2D eigenvalue weighted by Gasteiger charge is -2.24. The molecular formula is C19H27NO3. The number of ketones is 1. The highest BCUT2D eigenvalue weighted by molar-refractivity contribution is 6.01. The Balaban J connectivity index is 2.12. The number of epoxide rings is 1. The molecule has 23 heavy (non-hydrogen) atoms. The highest BCUT2D eigenvalue weighted by atomic mass is 16.7. The predicted molar refractivity (Wildman–Crippen MR) is 90.9 cm³/mol. The molecule has 1 spiro atoms. The third-order valence-corrected chi connectivity index (χ3v) is 5.23. The highest BCUT2D eigenvalue weighted by Gasteiger charge is 2.79. The average molecular weight is 317 g/mol. The number of benzene rings is 1. The number of ether oxygens (including phenoxy) is 2. The second-order valence-electron chi connectivity index (χ2n) is 7.67. The zero-order chi connectivity index (χ0) is 17.2. The first kappa shape index (κ1) is 16.5. The molecule has 0 bridgehead atoms. The van der Waals surface area contributed by atoms with Crippen molar-refractivity contribution in [3.8, 4) is 0 Å². The molecule has 1 N–H and O–H groups in total. The van der Waals surface area contributed by atoms with Gasteiger partial charge in [0.2, 0.25) is 5.78 Å². The van der Waals surface area contributed by atoms with E-state index in [2.05, 4.69) is 31.3 Å². The van der Waals surface area contributed by atoms with Crippen molar-refractivity contribution in [1.82, 2.24) is 0 Å². The number of carbonyl (C=O) groups excluding carboxylic acids is 1. The van der Waals surface area contributed by atoms with Gasteiger partial charge in [-0.25, -0.2) is 0 Å². The van der Waals surface area contributed by atoms with E-state index in [1.54, 1.807) is 0 Å². The monoisotopic (exact) mass is 317 g/mol. The van der Waals surface area contributed by atoms with Crippen molar-refractivity contribution in [2.75, 3.05) is 12.4 Å². The number of Topliss-reactive ketones (excluding diaryl/α,β-unsaturated/α-hetero) is 1. The fraction of sp³-hybridized carbons (Fsp3) is 0.632. The molecule has 1 aromatic carbocycles. The molecule has 2 heterocycles. The molecule has 1 aromatic rings. The molecule has 2 aliphatic rings. The minimum absolute atomic E-state index is 0.0460. The van der Waals surface area contributed by atoms with Crippen LogP contribution in [0.2, 0.25) is 0 Å². The van der Waals surface area contributed by atoms with Gasteiger partial charge in [-0.15, -0.1) is 0 Å². The van der Waals surface area contributed by atoms with E-state index in [9.17, 15) is 4.79 Å². The quantitative estimate of drug-likeness (QED) is 0.866. The maximum Gasteiger partial charge on any atom is 0.201 e. The number of hydrogen-bond acceptors (Lipinski definition) is 4. The van der Waals surface area contributed by atoms with E-state index < -0.39 is 16.8 Å². The van der Waals surface area contributed by atoms with Crippen LogP contribution in [0, 0.1) is 6.92 Å². The normalized spacial score (nSPS) is 30.7. The first-order valence-electron chi connectivity index (χ1n) is 8.34. The van der Waals surface area contributed by atoms with Crippen LogP contribution in [0.15, 0.2) is 12.1 Å². The maximum absolute atomic E-state index is 13.0. The van der Waals surface area contributed by atoms with E-state index >= 15 is 0 Å². The summed E-state index contributed by atoms with van der Waals surface area (Å²) in [7, 11) is 1.91. The van der Waals surface area contributed by atoms with Crippen LogP contribution >= 0.6 is 0 Å².